The number of benzene rings is 2. The van der Waals surface area contributed by atoms with E-state index in [1.54, 1.807) is 26.0 Å². The largest absolute Gasteiger partial charge is 0.448 e. The Hall–Kier alpha value is -3.55. The number of hydrogen-bond donors (Lipinski definition) is 1. The van der Waals surface area contributed by atoms with Crippen molar-refractivity contribution in [3.05, 3.63) is 77.4 Å². The van der Waals surface area contributed by atoms with E-state index in [1.807, 2.05) is 30.3 Å². The summed E-state index contributed by atoms with van der Waals surface area (Å²) in [7, 11) is 0. The zero-order valence-electron chi connectivity index (χ0n) is 16.3. The van der Waals surface area contributed by atoms with Gasteiger partial charge in [-0.1, -0.05) is 30.3 Å². The van der Waals surface area contributed by atoms with Crippen molar-refractivity contribution in [2.45, 2.75) is 32.9 Å². The number of carbonyl (C=O) groups excluding carboxylic acids is 2. The molecule has 7 nitrogen and oxygen atoms in total. The van der Waals surface area contributed by atoms with Crippen LogP contribution < -0.4 is 5.32 Å². The Bertz CT molecular complexity index is 1000. The first-order valence-corrected chi connectivity index (χ1v) is 9.11. The van der Waals surface area contributed by atoms with Gasteiger partial charge in [0.1, 0.15) is 5.82 Å². The number of amides is 1. The minimum absolute atomic E-state index is 0.0417. The second-order valence-electron chi connectivity index (χ2n) is 6.59. The zero-order valence-corrected chi connectivity index (χ0v) is 16.3. The van der Waals surface area contributed by atoms with E-state index in [1.165, 1.54) is 23.9 Å². The Morgan fingerprint density at radius 1 is 1.03 bits per heavy atom. The second-order valence-corrected chi connectivity index (χ2v) is 6.59. The molecule has 150 valence electrons. The fourth-order valence-corrected chi connectivity index (χ4v) is 2.68. The number of aromatic nitrogens is 3. The van der Waals surface area contributed by atoms with Crippen LogP contribution in [0.4, 0.5) is 4.39 Å². The number of nitrogens with zero attached hydrogens (tertiary/aromatic N) is 3. The summed E-state index contributed by atoms with van der Waals surface area (Å²) in [5.41, 5.74) is 1.87. The molecule has 1 N–H and O–H groups in total. The van der Waals surface area contributed by atoms with Gasteiger partial charge in [0.2, 0.25) is 0 Å². The second kappa shape index (κ2) is 8.64. The number of ether oxygens (including phenoxy) is 1. The molecule has 0 saturated carbocycles. The fraction of sp³-hybridized carbons (Fsp3) is 0.238. The highest BCUT2D eigenvalue weighted by atomic mass is 19.1. The van der Waals surface area contributed by atoms with Gasteiger partial charge in [0, 0.05) is 0 Å². The molecule has 0 saturated heterocycles. The molecule has 2 aromatic carbocycles. The van der Waals surface area contributed by atoms with Crippen molar-refractivity contribution in [1.82, 2.24) is 20.3 Å². The van der Waals surface area contributed by atoms with Crippen molar-refractivity contribution in [3.8, 4) is 5.69 Å². The summed E-state index contributed by atoms with van der Waals surface area (Å²) in [4.78, 5) is 26.2. The topological polar surface area (TPSA) is 86.1 Å². The molecule has 1 aromatic heterocycles. The number of hydrogen-bond acceptors (Lipinski definition) is 5. The van der Waals surface area contributed by atoms with Gasteiger partial charge in [-0.15, -0.1) is 5.10 Å². The molecule has 1 amide bonds. The predicted molar refractivity (Wildman–Crippen MR) is 104 cm³/mol. The number of nitrogens with one attached hydrogen (secondary N) is 1. The molecule has 0 aliphatic heterocycles. The van der Waals surface area contributed by atoms with Crippen LogP contribution in [0.15, 0.2) is 54.6 Å². The monoisotopic (exact) mass is 396 g/mol. The van der Waals surface area contributed by atoms with E-state index in [4.69, 9.17) is 4.74 Å². The molecular formula is C21H21FN4O3. The summed E-state index contributed by atoms with van der Waals surface area (Å²) in [6.45, 7) is 4.88. The van der Waals surface area contributed by atoms with Gasteiger partial charge >= 0.3 is 5.97 Å². The van der Waals surface area contributed by atoms with E-state index in [2.05, 4.69) is 15.5 Å². The number of halogens is 1. The average Bonchev–Trinajstić information content (AvgIpc) is 3.11. The molecule has 0 radical (unpaired) electrons. The lowest BCUT2D eigenvalue weighted by Gasteiger charge is -2.18. The fourth-order valence-electron chi connectivity index (χ4n) is 2.68. The van der Waals surface area contributed by atoms with Gasteiger partial charge < -0.3 is 10.1 Å². The van der Waals surface area contributed by atoms with Crippen LogP contribution in [0.2, 0.25) is 0 Å². The first kappa shape index (κ1) is 20.2. The number of para-hydroxylation sites is 1. The van der Waals surface area contributed by atoms with Gasteiger partial charge in [0.15, 0.2) is 11.8 Å². The third kappa shape index (κ3) is 4.84. The smallest absolute Gasteiger partial charge is 0.361 e. The van der Waals surface area contributed by atoms with Crippen LogP contribution in [0.25, 0.3) is 5.69 Å². The minimum Gasteiger partial charge on any atom is -0.448 e. The summed E-state index contributed by atoms with van der Waals surface area (Å²) >= 11 is 0. The molecule has 3 rings (SSSR count). The third-order valence-electron chi connectivity index (χ3n) is 4.34. The zero-order chi connectivity index (χ0) is 21.0. The average molecular weight is 396 g/mol. The van der Waals surface area contributed by atoms with Gasteiger partial charge in [-0.05, 0) is 50.6 Å². The van der Waals surface area contributed by atoms with E-state index in [0.717, 1.165) is 5.56 Å². The lowest BCUT2D eigenvalue weighted by Crippen LogP contribution is -2.37. The Morgan fingerprint density at radius 3 is 2.34 bits per heavy atom. The number of rotatable bonds is 6. The van der Waals surface area contributed by atoms with Crippen LogP contribution in [-0.4, -0.2) is 33.0 Å². The van der Waals surface area contributed by atoms with E-state index < -0.39 is 18.0 Å². The standard InChI is InChI=1S/C21H21FN4O3/c1-13(16-9-11-17(22)12-10-16)23-20(27)15(3)29-21(28)19-14(2)24-26(25-19)18-7-5-4-6-8-18/h4-13,15H,1-3H3,(H,23,27). The highest BCUT2D eigenvalue weighted by Gasteiger charge is 2.24. The highest BCUT2D eigenvalue weighted by Crippen LogP contribution is 2.14. The number of esters is 1. The summed E-state index contributed by atoms with van der Waals surface area (Å²) < 4.78 is 18.3. The lowest BCUT2D eigenvalue weighted by molar-refractivity contribution is -0.129. The summed E-state index contributed by atoms with van der Waals surface area (Å²) in [5.74, 6) is -1.56. The molecule has 2 unspecified atom stereocenters. The molecule has 0 aliphatic carbocycles. The van der Waals surface area contributed by atoms with Gasteiger partial charge in [-0.2, -0.15) is 9.90 Å². The maximum Gasteiger partial charge on any atom is 0.361 e. The Kier molecular flexibility index (Phi) is 6.01. The molecule has 0 bridgehead atoms. The molecule has 1 heterocycles. The van der Waals surface area contributed by atoms with Gasteiger partial charge in [0.05, 0.1) is 17.4 Å². The van der Waals surface area contributed by atoms with Gasteiger partial charge in [-0.3, -0.25) is 4.79 Å². The normalized spacial score (nSPS) is 12.8. The highest BCUT2D eigenvalue weighted by molar-refractivity contribution is 5.91. The summed E-state index contributed by atoms with van der Waals surface area (Å²) in [6.07, 6.45) is -1.04. The molecule has 8 heteroatoms. The first-order valence-electron chi connectivity index (χ1n) is 9.11. The molecule has 3 aromatic rings. The molecule has 0 aliphatic rings. The Morgan fingerprint density at radius 2 is 1.69 bits per heavy atom. The molecule has 0 spiro atoms. The molecular weight excluding hydrogens is 375 g/mol. The van der Waals surface area contributed by atoms with Gasteiger partial charge in [-0.25, -0.2) is 9.18 Å². The van der Waals surface area contributed by atoms with E-state index in [-0.39, 0.29) is 17.6 Å². The predicted octanol–water partition coefficient (Wildman–Crippen LogP) is 3.14. The van der Waals surface area contributed by atoms with Crippen molar-refractivity contribution >= 4 is 11.9 Å². The van der Waals surface area contributed by atoms with Gasteiger partial charge in [0.25, 0.3) is 5.91 Å². The maximum absolute atomic E-state index is 13.0. The number of carbonyl (C=O) groups is 2. The maximum atomic E-state index is 13.0. The third-order valence-corrected chi connectivity index (χ3v) is 4.34. The van der Waals surface area contributed by atoms with Crippen molar-refractivity contribution in [2.75, 3.05) is 0 Å². The summed E-state index contributed by atoms with van der Waals surface area (Å²) in [5, 5.41) is 11.1. The first-order chi connectivity index (χ1) is 13.8. The minimum atomic E-state index is -1.04. The van der Waals surface area contributed by atoms with Crippen molar-refractivity contribution in [2.24, 2.45) is 0 Å². The lowest BCUT2D eigenvalue weighted by atomic mass is 10.1. The van der Waals surface area contributed by atoms with Crippen molar-refractivity contribution in [3.63, 3.8) is 0 Å². The van der Waals surface area contributed by atoms with Crippen LogP contribution >= 0.6 is 0 Å². The van der Waals surface area contributed by atoms with Crippen molar-refractivity contribution < 1.29 is 18.7 Å². The SMILES string of the molecule is Cc1nn(-c2ccccc2)nc1C(=O)OC(C)C(=O)NC(C)c1ccc(F)cc1. The van der Waals surface area contributed by atoms with E-state index in [0.29, 0.717) is 11.4 Å². The Labute approximate surface area is 167 Å². The van der Waals surface area contributed by atoms with E-state index >= 15 is 0 Å². The van der Waals surface area contributed by atoms with Crippen LogP contribution in [0.5, 0.6) is 0 Å². The molecule has 2 atom stereocenters. The number of aryl methyl sites for hydroxylation is 1. The van der Waals surface area contributed by atoms with Crippen LogP contribution in [0.3, 0.4) is 0 Å². The van der Waals surface area contributed by atoms with Crippen molar-refractivity contribution in [1.29, 1.82) is 0 Å². The van der Waals surface area contributed by atoms with Crippen LogP contribution in [-0.2, 0) is 9.53 Å². The van der Waals surface area contributed by atoms with Crippen LogP contribution in [0.1, 0.15) is 41.6 Å². The molecule has 29 heavy (non-hydrogen) atoms. The Balaban J connectivity index is 1.63. The summed E-state index contributed by atoms with van der Waals surface area (Å²) in [6, 6.07) is 14.6. The van der Waals surface area contributed by atoms with E-state index in [9.17, 15) is 14.0 Å². The quantitative estimate of drug-likeness (QED) is 0.647. The van der Waals surface area contributed by atoms with Crippen LogP contribution in [0, 0.1) is 12.7 Å². The molecule has 0 fully saturated rings.